The second kappa shape index (κ2) is 9.85. The molecule has 7 nitrogen and oxygen atoms in total. The van der Waals surface area contributed by atoms with Gasteiger partial charge >= 0.3 is 0 Å². The van der Waals surface area contributed by atoms with Crippen LogP contribution < -0.4 is 10.7 Å². The first kappa shape index (κ1) is 24.2. The molecule has 36 heavy (non-hydrogen) atoms. The van der Waals surface area contributed by atoms with Crippen molar-refractivity contribution in [2.75, 3.05) is 0 Å². The molecular weight excluding hydrogens is 486 g/mol. The van der Waals surface area contributed by atoms with Gasteiger partial charge in [0.2, 0.25) is 0 Å². The Balaban J connectivity index is 1.38. The zero-order valence-electron chi connectivity index (χ0n) is 19.4. The molecule has 1 unspecified atom stereocenters. The van der Waals surface area contributed by atoms with E-state index in [2.05, 4.69) is 20.8 Å². The molecule has 0 spiro atoms. The van der Waals surface area contributed by atoms with Crippen molar-refractivity contribution in [1.29, 1.82) is 0 Å². The zero-order valence-corrected chi connectivity index (χ0v) is 20.2. The number of hydrazine groups is 1. The Morgan fingerprint density at radius 3 is 2.75 bits per heavy atom. The Morgan fingerprint density at radius 1 is 1.22 bits per heavy atom. The minimum absolute atomic E-state index is 0.0293. The maximum absolute atomic E-state index is 14.9. The van der Waals surface area contributed by atoms with Crippen molar-refractivity contribution in [3.8, 4) is 0 Å². The second-order valence-electron chi connectivity index (χ2n) is 8.90. The molecule has 2 aromatic carbocycles. The summed E-state index contributed by atoms with van der Waals surface area (Å²) in [5.41, 5.74) is 4.57. The molecule has 0 bridgehead atoms. The summed E-state index contributed by atoms with van der Waals surface area (Å²) in [6.45, 7) is 2.33. The molecule has 2 aliphatic rings. The van der Waals surface area contributed by atoms with Crippen LogP contribution in [-0.4, -0.2) is 37.0 Å². The number of aromatic nitrogens is 3. The molecule has 186 valence electrons. The number of halogens is 3. The van der Waals surface area contributed by atoms with Gasteiger partial charge in [-0.3, -0.25) is 0 Å². The smallest absolute Gasteiger partial charge is 0.137 e. The third-order valence-electron chi connectivity index (χ3n) is 6.51. The number of rotatable bonds is 8. The normalized spacial score (nSPS) is 19.4. The van der Waals surface area contributed by atoms with Gasteiger partial charge in [-0.1, -0.05) is 35.9 Å². The fourth-order valence-corrected chi connectivity index (χ4v) is 4.56. The summed E-state index contributed by atoms with van der Waals surface area (Å²) in [7, 11) is 0. The van der Waals surface area contributed by atoms with Crippen LogP contribution in [0.4, 0.5) is 8.78 Å². The average molecular weight is 511 g/mol. The van der Waals surface area contributed by atoms with E-state index in [4.69, 9.17) is 11.6 Å². The maximum atomic E-state index is 14.9. The standard InChI is InChI=1S/C26H25ClF2N6O/c1-17(26(36,14-34-16-30-15-32-34)23-8-6-21(28)11-24(23)29)35-13-19-10-22(7-9-25(19)33-35)31-12-18-2-4-20(27)5-3-18/h2-11,13,15-17,25,31,33,36H,12,14H2,1H3/t17-,25?,26-/m1/s1. The van der Waals surface area contributed by atoms with E-state index in [1.807, 2.05) is 48.7 Å². The summed E-state index contributed by atoms with van der Waals surface area (Å²) < 4.78 is 29.9. The minimum atomic E-state index is -1.76. The van der Waals surface area contributed by atoms with Crippen LogP contribution in [0.3, 0.4) is 0 Å². The predicted octanol–water partition coefficient (Wildman–Crippen LogP) is 3.80. The van der Waals surface area contributed by atoms with Gasteiger partial charge in [-0.15, -0.1) is 0 Å². The maximum Gasteiger partial charge on any atom is 0.137 e. The highest BCUT2D eigenvalue weighted by molar-refractivity contribution is 6.30. The first-order valence-corrected chi connectivity index (χ1v) is 11.8. The molecule has 3 atom stereocenters. The van der Waals surface area contributed by atoms with Crippen molar-refractivity contribution < 1.29 is 13.9 Å². The molecule has 1 aliphatic carbocycles. The van der Waals surface area contributed by atoms with Gasteiger partial charge in [-0.05, 0) is 48.4 Å². The van der Waals surface area contributed by atoms with Crippen LogP contribution in [0.2, 0.25) is 5.02 Å². The first-order valence-electron chi connectivity index (χ1n) is 11.5. The number of nitrogens with zero attached hydrogens (tertiary/aromatic N) is 4. The Morgan fingerprint density at radius 2 is 2.03 bits per heavy atom. The number of hydrogen-bond donors (Lipinski definition) is 3. The van der Waals surface area contributed by atoms with E-state index in [-0.39, 0.29) is 18.2 Å². The van der Waals surface area contributed by atoms with Gasteiger partial charge < -0.3 is 15.4 Å². The lowest BCUT2D eigenvalue weighted by Crippen LogP contribution is -2.54. The Labute approximate surface area is 212 Å². The first-order chi connectivity index (χ1) is 17.3. The predicted molar refractivity (Wildman–Crippen MR) is 132 cm³/mol. The van der Waals surface area contributed by atoms with Crippen LogP contribution >= 0.6 is 11.6 Å². The van der Waals surface area contributed by atoms with Crippen LogP contribution in [0.1, 0.15) is 18.1 Å². The van der Waals surface area contributed by atoms with Crippen LogP contribution in [0.15, 0.2) is 90.8 Å². The fourth-order valence-electron chi connectivity index (χ4n) is 4.44. The lowest BCUT2D eigenvalue weighted by atomic mass is 9.86. The Hall–Kier alpha value is -3.53. The molecule has 0 amide bonds. The molecule has 5 rings (SSSR count). The lowest BCUT2D eigenvalue weighted by Gasteiger charge is -2.40. The number of hydrogen-bond acceptors (Lipinski definition) is 6. The molecular formula is C26H25ClF2N6O. The van der Waals surface area contributed by atoms with E-state index < -0.39 is 23.3 Å². The van der Waals surface area contributed by atoms with Crippen LogP contribution in [0.25, 0.3) is 0 Å². The topological polar surface area (TPSA) is 78.2 Å². The summed E-state index contributed by atoms with van der Waals surface area (Å²) >= 11 is 5.96. The molecule has 3 N–H and O–H groups in total. The fraction of sp³-hybridized carbons (Fsp3) is 0.231. The van der Waals surface area contributed by atoms with Gasteiger partial charge in [0.05, 0.1) is 18.6 Å². The van der Waals surface area contributed by atoms with Crippen molar-refractivity contribution in [1.82, 2.24) is 30.5 Å². The van der Waals surface area contributed by atoms with Crippen molar-refractivity contribution in [3.05, 3.63) is 119 Å². The van der Waals surface area contributed by atoms with E-state index in [0.29, 0.717) is 11.6 Å². The van der Waals surface area contributed by atoms with Crippen LogP contribution in [0, 0.1) is 11.6 Å². The minimum Gasteiger partial charge on any atom is -0.381 e. The third kappa shape index (κ3) is 4.90. The summed E-state index contributed by atoms with van der Waals surface area (Å²) in [6.07, 6.45) is 10.7. The van der Waals surface area contributed by atoms with Gasteiger partial charge in [0.25, 0.3) is 0 Å². The molecule has 1 aromatic heterocycles. The molecule has 0 fully saturated rings. The van der Waals surface area contributed by atoms with Crippen molar-refractivity contribution in [2.24, 2.45) is 0 Å². The van der Waals surface area contributed by atoms with E-state index in [0.717, 1.165) is 29.0 Å². The highest BCUT2D eigenvalue weighted by Gasteiger charge is 2.43. The van der Waals surface area contributed by atoms with Crippen molar-refractivity contribution >= 4 is 11.6 Å². The third-order valence-corrected chi connectivity index (χ3v) is 6.76. The van der Waals surface area contributed by atoms with Gasteiger partial charge in [0, 0.05) is 35.1 Å². The number of fused-ring (bicyclic) bond motifs is 1. The second-order valence-corrected chi connectivity index (χ2v) is 9.34. The summed E-state index contributed by atoms with van der Waals surface area (Å²) in [6, 6.07) is 10.1. The average Bonchev–Trinajstić information content (AvgIpc) is 3.52. The molecule has 1 aliphatic heterocycles. The largest absolute Gasteiger partial charge is 0.381 e. The van der Waals surface area contributed by atoms with E-state index >= 15 is 0 Å². The molecule has 3 aromatic rings. The van der Waals surface area contributed by atoms with Crippen LogP contribution in [-0.2, 0) is 18.7 Å². The summed E-state index contributed by atoms with van der Waals surface area (Å²) in [5, 5.41) is 21.8. The van der Waals surface area contributed by atoms with Gasteiger partial charge in [0.1, 0.15) is 29.9 Å². The number of benzene rings is 2. The number of nitrogens with one attached hydrogen (secondary N) is 2. The highest BCUT2D eigenvalue weighted by atomic mass is 35.5. The zero-order chi connectivity index (χ0) is 25.3. The van der Waals surface area contributed by atoms with Gasteiger partial charge in [0.15, 0.2) is 0 Å². The highest BCUT2D eigenvalue weighted by Crippen LogP contribution is 2.34. The lowest BCUT2D eigenvalue weighted by molar-refractivity contribution is -0.0613. The van der Waals surface area contributed by atoms with E-state index in [9.17, 15) is 13.9 Å². The van der Waals surface area contributed by atoms with E-state index in [1.165, 1.54) is 23.4 Å². The Bertz CT molecular complexity index is 1320. The molecule has 0 radical (unpaired) electrons. The van der Waals surface area contributed by atoms with Crippen molar-refractivity contribution in [2.45, 2.75) is 37.7 Å². The summed E-state index contributed by atoms with van der Waals surface area (Å²) in [5.74, 6) is -1.55. The number of aliphatic hydroxyl groups is 1. The quantitative estimate of drug-likeness (QED) is 0.428. The molecule has 10 heteroatoms. The number of allylic oxidation sites excluding steroid dienone is 1. The monoisotopic (exact) mass is 510 g/mol. The molecule has 2 heterocycles. The van der Waals surface area contributed by atoms with Crippen LogP contribution in [0.5, 0.6) is 0 Å². The Kier molecular flexibility index (Phi) is 6.61. The summed E-state index contributed by atoms with van der Waals surface area (Å²) in [4.78, 5) is 3.92. The van der Waals surface area contributed by atoms with E-state index in [1.54, 1.807) is 11.9 Å². The molecule has 0 saturated carbocycles. The van der Waals surface area contributed by atoms with Crippen molar-refractivity contribution in [3.63, 3.8) is 0 Å². The van der Waals surface area contributed by atoms with Gasteiger partial charge in [-0.2, -0.15) is 5.10 Å². The SMILES string of the molecule is C[C@@H](N1C=C2C=C(NCc3ccc(Cl)cc3)C=CC2N1)[C@](O)(Cn1cncn1)c1ccc(F)cc1F. The molecule has 0 saturated heterocycles. The van der Waals surface area contributed by atoms with Gasteiger partial charge in [-0.25, -0.2) is 23.9 Å².